The number of rotatable bonds is 0. The molecule has 0 aliphatic rings. The summed E-state index contributed by atoms with van der Waals surface area (Å²) in [6.45, 7) is 0. The van der Waals surface area contributed by atoms with Crippen LogP contribution in [0.3, 0.4) is 0 Å². The zero-order valence-corrected chi connectivity index (χ0v) is 16.6. The van der Waals surface area contributed by atoms with Crippen molar-refractivity contribution in [2.75, 3.05) is 0 Å². The van der Waals surface area contributed by atoms with E-state index in [0.29, 0.717) is 0 Å². The second-order valence-corrected chi connectivity index (χ2v) is 16.9. The van der Waals surface area contributed by atoms with Crippen LogP contribution in [0.15, 0.2) is 0 Å². The van der Waals surface area contributed by atoms with Crippen molar-refractivity contribution in [2.24, 2.45) is 0 Å². The summed E-state index contributed by atoms with van der Waals surface area (Å²) < 4.78 is 2.22. The summed E-state index contributed by atoms with van der Waals surface area (Å²) in [7, 11) is 0. The van der Waals surface area contributed by atoms with E-state index in [1.165, 1.54) is 0 Å². The van der Waals surface area contributed by atoms with E-state index in [-0.39, 0.29) is 19.4 Å². The van der Waals surface area contributed by atoms with Gasteiger partial charge in [0, 0.05) is 0 Å². The maximum atomic E-state index is 3.26. The van der Waals surface area contributed by atoms with Crippen molar-refractivity contribution in [1.29, 1.82) is 0 Å². The Labute approximate surface area is 103 Å². The van der Waals surface area contributed by atoms with Gasteiger partial charge >= 0.3 is 108 Å². The van der Waals surface area contributed by atoms with Gasteiger partial charge in [-0.2, -0.15) is 0 Å². The molecule has 0 aromatic carbocycles. The molecule has 4 heteroatoms. The summed E-state index contributed by atoms with van der Waals surface area (Å²) in [5, 5.41) is 0. The van der Waals surface area contributed by atoms with Crippen LogP contribution in [-0.2, 0) is 0 Å². The molecule has 0 aromatic heterocycles. The Morgan fingerprint density at radius 3 is 1.40 bits per heavy atom. The summed E-state index contributed by atoms with van der Waals surface area (Å²) in [5.74, 6) is 0. The van der Waals surface area contributed by atoms with Crippen molar-refractivity contribution in [2.45, 2.75) is -1.65 Å². The zero-order valence-electron chi connectivity index (χ0n) is 3.26. The molecule has 0 unspecified atom stereocenters. The number of hydrogen-bond donors (Lipinski definition) is 0. The quantitative estimate of drug-likeness (QED) is 0.430. The Bertz CT molecular complexity index is 9.61. The molecule has 0 atom stereocenters. The summed E-state index contributed by atoms with van der Waals surface area (Å²) in [5.41, 5.74) is 0. The first-order valence-corrected chi connectivity index (χ1v) is 24.5. The molecule has 0 spiro atoms. The van der Waals surface area contributed by atoms with Crippen molar-refractivity contribution in [3.63, 3.8) is 0 Å². The van der Waals surface area contributed by atoms with E-state index in [0.717, 1.165) is 65.9 Å². The van der Waals surface area contributed by atoms with E-state index in [2.05, 4.69) is 22.3 Å². The van der Waals surface area contributed by atoms with E-state index >= 15 is 0 Å². The topological polar surface area (TPSA) is 0 Å². The van der Waals surface area contributed by atoms with Gasteiger partial charge in [0.2, 0.25) is 0 Å². The molecular weight excluding hydrogens is 512 g/mol. The molecule has 0 heterocycles. The van der Waals surface area contributed by atoms with Crippen LogP contribution in [0, 0.1) is 0 Å². The van der Waals surface area contributed by atoms with E-state index in [4.69, 9.17) is 0 Å². The molecule has 0 aliphatic carbocycles. The van der Waals surface area contributed by atoms with Gasteiger partial charge in [-0.1, -0.05) is 0 Å². The first kappa shape index (κ1) is 11.7. The van der Waals surface area contributed by atoms with E-state index < -0.39 is 0 Å². The molecule has 0 nitrogen and oxygen atoms in total. The third-order valence-electron chi connectivity index (χ3n) is 0. The van der Waals surface area contributed by atoms with Gasteiger partial charge in [0.15, 0.2) is 0 Å². The monoisotopic (exact) mass is 514 g/mol. The second-order valence-electron chi connectivity index (χ2n) is 0.0714. The Balaban J connectivity index is 0. The van der Waals surface area contributed by atoms with Crippen molar-refractivity contribution < 1.29 is 0 Å². The van der Waals surface area contributed by atoms with E-state index in [9.17, 15) is 0 Å². The molecule has 0 aromatic rings. The Kier molecular flexibility index (Phi) is 36.7. The minimum absolute atomic E-state index is 0.292. The predicted octanol–water partition coefficient (Wildman–Crippen LogP) is 1.51. The van der Waals surface area contributed by atoms with Crippen LogP contribution in [0.25, 0.3) is 0 Å². The molecular formula is CH3Br2CsPb. The molecule has 0 saturated heterocycles. The van der Waals surface area contributed by atoms with Gasteiger partial charge in [-0.15, -0.1) is 0 Å². The van der Waals surface area contributed by atoms with Crippen molar-refractivity contribution in [1.82, 2.24) is 0 Å². The summed E-state index contributed by atoms with van der Waals surface area (Å²) in [4.78, 5) is 0. The van der Waals surface area contributed by atoms with Gasteiger partial charge < -0.3 is 0 Å². The van der Waals surface area contributed by atoms with Crippen LogP contribution in [0.2, 0.25) is -1.65 Å². The molecule has 26 valence electrons. The van der Waals surface area contributed by atoms with Crippen LogP contribution in [0.5, 0.6) is 0 Å². The Morgan fingerprint density at radius 1 is 1.40 bits per heavy atom. The molecule has 5 heavy (non-hydrogen) atoms. The average molecular weight is 515 g/mol. The van der Waals surface area contributed by atoms with Crippen LogP contribution in [0.1, 0.15) is 0 Å². The third kappa shape index (κ3) is 18.1. The SMILES string of the molecule is [Br][Pb][Br].[CH3][Cs]. The standard InChI is InChI=1S/CH3.2BrH.Cs.Pb/h1H3;2*1H;;/q;;;;+2/p-2. The average Bonchev–Trinajstić information content (AvgIpc) is 1.46. The first-order chi connectivity index (χ1) is 2.41. The van der Waals surface area contributed by atoms with Gasteiger partial charge in [0.25, 0.3) is 0 Å². The fourth-order valence-electron chi connectivity index (χ4n) is 0. The molecule has 0 saturated carbocycles. The van der Waals surface area contributed by atoms with Gasteiger partial charge in [-0.3, -0.25) is 0 Å². The minimum atomic E-state index is -0.292. The van der Waals surface area contributed by atoms with Gasteiger partial charge in [-0.25, -0.2) is 0 Å². The number of hydrogen-bond acceptors (Lipinski definition) is 0. The predicted molar refractivity (Wildman–Crippen MR) is 35.2 cm³/mol. The van der Waals surface area contributed by atoms with Crippen LogP contribution in [0.4, 0.5) is 0 Å². The van der Waals surface area contributed by atoms with Crippen molar-refractivity contribution in [3.05, 3.63) is 0 Å². The molecule has 0 rings (SSSR count). The molecule has 0 fully saturated rings. The summed E-state index contributed by atoms with van der Waals surface area (Å²) in [6, 6.07) is 0. The van der Waals surface area contributed by atoms with E-state index in [1.54, 1.807) is 0 Å². The second kappa shape index (κ2) is 15.7. The molecule has 0 amide bonds. The third-order valence-corrected chi connectivity index (χ3v) is 0. The van der Waals surface area contributed by atoms with Gasteiger partial charge in [0.1, 0.15) is 0 Å². The van der Waals surface area contributed by atoms with Gasteiger partial charge in [-0.05, 0) is 0 Å². The van der Waals surface area contributed by atoms with Gasteiger partial charge in [0.05, 0.1) is 0 Å². The fourth-order valence-corrected chi connectivity index (χ4v) is 0. The van der Waals surface area contributed by atoms with Crippen molar-refractivity contribution in [3.8, 4) is 0 Å². The van der Waals surface area contributed by atoms with Crippen LogP contribution >= 0.6 is 24.0 Å². The molecule has 0 bridgehead atoms. The first-order valence-electron chi connectivity index (χ1n) is 1.38. The summed E-state index contributed by atoms with van der Waals surface area (Å²) in [6.07, 6.45) is 0. The number of halogens is 2. The van der Waals surface area contributed by atoms with E-state index in [1.807, 2.05) is 0 Å². The fraction of sp³-hybridized carbons (Fsp3) is 1.00. The Morgan fingerprint density at radius 2 is 1.40 bits per heavy atom. The normalized spacial score (nSPS) is 5.00. The maximum absolute atomic E-state index is 3.26. The molecule has 0 N–H and O–H groups in total. The molecule has 0 aliphatic heterocycles. The molecule has 2 radical (unpaired) electrons. The zero-order chi connectivity index (χ0) is 4.71. The Hall–Kier alpha value is 3.93. The van der Waals surface area contributed by atoms with Crippen LogP contribution in [-0.4, -0.2) is 85.3 Å². The summed E-state index contributed by atoms with van der Waals surface area (Å²) >= 11 is 7.11. The van der Waals surface area contributed by atoms with Crippen LogP contribution < -0.4 is 0 Å². The van der Waals surface area contributed by atoms with Crippen molar-refractivity contribution >= 4 is 109 Å².